The van der Waals surface area contributed by atoms with Crippen LogP contribution in [0.2, 0.25) is 0 Å². The summed E-state index contributed by atoms with van der Waals surface area (Å²) in [7, 11) is 0. The largest absolute Gasteiger partial charge is 0.370 e. The fourth-order valence-corrected chi connectivity index (χ4v) is 3.59. The first kappa shape index (κ1) is 15.2. The Morgan fingerprint density at radius 2 is 2.36 bits per heavy atom. The number of aromatic nitrogens is 3. The van der Waals surface area contributed by atoms with Crippen LogP contribution in [0.5, 0.6) is 0 Å². The summed E-state index contributed by atoms with van der Waals surface area (Å²) in [6, 6.07) is 0. The van der Waals surface area contributed by atoms with Crippen molar-refractivity contribution in [3.05, 3.63) is 34.8 Å². The number of rotatable bonds is 6. The van der Waals surface area contributed by atoms with E-state index >= 15 is 0 Å². The number of carbonyl (C=O) groups is 1. The third-order valence-corrected chi connectivity index (χ3v) is 4.74. The summed E-state index contributed by atoms with van der Waals surface area (Å²) in [4.78, 5) is 22.2. The average molecular weight is 319 g/mol. The molecule has 2 aromatic heterocycles. The third-order valence-electron chi connectivity index (χ3n) is 4.11. The first-order chi connectivity index (χ1) is 10.7. The number of carbonyl (C=O) groups excluding carboxylic acids is 1. The second-order valence-corrected chi connectivity index (χ2v) is 6.47. The standard InChI is InChI=1S/C15H21N5OS/c16-14(21)3-6-19-5-1-2-12(8-19)15-17-4-7-20(15)9-13-10-22-11-18-13/h4,7,10-12H,1-3,5-6,8-9H2,(H2,16,21)/t12-/m1/s1. The maximum absolute atomic E-state index is 11.0. The molecule has 0 aliphatic carbocycles. The van der Waals surface area contributed by atoms with Crippen molar-refractivity contribution in [3.63, 3.8) is 0 Å². The van der Waals surface area contributed by atoms with E-state index in [1.165, 1.54) is 0 Å². The third kappa shape index (κ3) is 3.72. The van der Waals surface area contributed by atoms with Crippen molar-refractivity contribution in [3.8, 4) is 0 Å². The van der Waals surface area contributed by atoms with E-state index in [0.29, 0.717) is 12.3 Å². The predicted molar refractivity (Wildman–Crippen MR) is 85.7 cm³/mol. The Labute approximate surface area is 134 Å². The minimum absolute atomic E-state index is 0.229. The SMILES string of the molecule is NC(=O)CCN1CCC[C@@H](c2nccn2Cc2cscn2)C1. The Kier molecular flexibility index (Phi) is 4.84. The quantitative estimate of drug-likeness (QED) is 0.874. The molecule has 2 aromatic rings. The van der Waals surface area contributed by atoms with Crippen LogP contribution in [-0.2, 0) is 11.3 Å². The van der Waals surface area contributed by atoms with Gasteiger partial charge in [-0.25, -0.2) is 9.97 Å². The molecule has 1 aliphatic rings. The first-order valence-corrected chi connectivity index (χ1v) is 8.55. The maximum atomic E-state index is 11.0. The molecule has 1 amide bonds. The van der Waals surface area contributed by atoms with Gasteiger partial charge in [0.05, 0.1) is 17.7 Å². The molecule has 1 saturated heterocycles. The van der Waals surface area contributed by atoms with Crippen molar-refractivity contribution in [2.45, 2.75) is 31.7 Å². The summed E-state index contributed by atoms with van der Waals surface area (Å²) in [5.41, 5.74) is 8.18. The topological polar surface area (TPSA) is 77.0 Å². The van der Waals surface area contributed by atoms with Gasteiger partial charge in [0, 0.05) is 43.2 Å². The highest BCUT2D eigenvalue weighted by atomic mass is 32.1. The predicted octanol–water partition coefficient (Wildman–Crippen LogP) is 1.44. The number of imidazole rings is 1. The Hall–Kier alpha value is -1.73. The number of piperidine rings is 1. The zero-order chi connectivity index (χ0) is 15.4. The van der Waals surface area contributed by atoms with Crippen LogP contribution in [0.4, 0.5) is 0 Å². The lowest BCUT2D eigenvalue weighted by molar-refractivity contribution is -0.118. The first-order valence-electron chi connectivity index (χ1n) is 7.61. The van der Waals surface area contributed by atoms with Gasteiger partial charge in [0.25, 0.3) is 0 Å². The van der Waals surface area contributed by atoms with Gasteiger partial charge in [-0.15, -0.1) is 11.3 Å². The smallest absolute Gasteiger partial charge is 0.218 e. The summed E-state index contributed by atoms with van der Waals surface area (Å²) < 4.78 is 2.19. The Morgan fingerprint density at radius 1 is 1.45 bits per heavy atom. The highest BCUT2D eigenvalue weighted by Crippen LogP contribution is 2.26. The highest BCUT2D eigenvalue weighted by Gasteiger charge is 2.24. The molecule has 0 aromatic carbocycles. The number of hydrogen-bond acceptors (Lipinski definition) is 5. The number of hydrogen-bond donors (Lipinski definition) is 1. The molecule has 0 unspecified atom stereocenters. The molecule has 1 fully saturated rings. The van der Waals surface area contributed by atoms with Crippen molar-refractivity contribution in [2.24, 2.45) is 5.73 Å². The molecular weight excluding hydrogens is 298 g/mol. The van der Waals surface area contributed by atoms with E-state index in [1.807, 2.05) is 17.9 Å². The van der Waals surface area contributed by atoms with Crippen molar-refractivity contribution in [2.75, 3.05) is 19.6 Å². The Balaban J connectivity index is 1.66. The molecular formula is C15H21N5OS. The van der Waals surface area contributed by atoms with Gasteiger partial charge in [-0.3, -0.25) is 4.79 Å². The summed E-state index contributed by atoms with van der Waals surface area (Å²) in [6.45, 7) is 3.51. The van der Waals surface area contributed by atoms with Gasteiger partial charge in [0.1, 0.15) is 5.82 Å². The van der Waals surface area contributed by atoms with Crippen LogP contribution in [0.3, 0.4) is 0 Å². The fraction of sp³-hybridized carbons (Fsp3) is 0.533. The lowest BCUT2D eigenvalue weighted by atomic mass is 9.97. The number of nitrogens with zero attached hydrogens (tertiary/aromatic N) is 4. The molecule has 0 radical (unpaired) electrons. The van der Waals surface area contributed by atoms with Gasteiger partial charge in [0.15, 0.2) is 0 Å². The Bertz CT molecular complexity index is 609. The van der Waals surface area contributed by atoms with Gasteiger partial charge in [-0.05, 0) is 19.4 Å². The molecule has 0 bridgehead atoms. The number of amides is 1. The van der Waals surface area contributed by atoms with Crippen LogP contribution in [0.15, 0.2) is 23.3 Å². The van der Waals surface area contributed by atoms with Crippen LogP contribution >= 0.6 is 11.3 Å². The van der Waals surface area contributed by atoms with Gasteiger partial charge < -0.3 is 15.2 Å². The molecule has 0 saturated carbocycles. The summed E-state index contributed by atoms with van der Waals surface area (Å²) in [5, 5.41) is 2.07. The Morgan fingerprint density at radius 3 is 3.14 bits per heavy atom. The fourth-order valence-electron chi connectivity index (χ4n) is 3.04. The average Bonchev–Trinajstić information content (AvgIpc) is 3.18. The number of likely N-dealkylation sites (tertiary alicyclic amines) is 1. The van der Waals surface area contributed by atoms with E-state index in [1.54, 1.807) is 11.3 Å². The zero-order valence-corrected chi connectivity index (χ0v) is 13.3. The second-order valence-electron chi connectivity index (χ2n) is 5.75. The van der Waals surface area contributed by atoms with Crippen LogP contribution in [-0.4, -0.2) is 45.0 Å². The van der Waals surface area contributed by atoms with Crippen LogP contribution < -0.4 is 5.73 Å². The molecule has 1 aliphatic heterocycles. The zero-order valence-electron chi connectivity index (χ0n) is 12.5. The summed E-state index contributed by atoms with van der Waals surface area (Å²) in [5.74, 6) is 1.30. The van der Waals surface area contributed by atoms with Crippen molar-refractivity contribution in [1.29, 1.82) is 0 Å². The minimum atomic E-state index is -0.229. The van der Waals surface area contributed by atoms with Crippen molar-refractivity contribution >= 4 is 17.2 Å². The second kappa shape index (κ2) is 7.02. The molecule has 3 heterocycles. The van der Waals surface area contributed by atoms with E-state index in [4.69, 9.17) is 5.73 Å². The number of nitrogens with two attached hydrogens (primary N) is 1. The summed E-state index contributed by atoms with van der Waals surface area (Å²) >= 11 is 1.62. The van der Waals surface area contributed by atoms with Gasteiger partial charge in [0.2, 0.25) is 5.91 Å². The molecule has 22 heavy (non-hydrogen) atoms. The van der Waals surface area contributed by atoms with Crippen molar-refractivity contribution in [1.82, 2.24) is 19.4 Å². The van der Waals surface area contributed by atoms with Gasteiger partial charge in [-0.1, -0.05) is 0 Å². The lowest BCUT2D eigenvalue weighted by Gasteiger charge is -2.32. The molecule has 6 nitrogen and oxygen atoms in total. The van der Waals surface area contributed by atoms with Crippen molar-refractivity contribution < 1.29 is 4.79 Å². The van der Waals surface area contributed by atoms with E-state index in [0.717, 1.165) is 50.5 Å². The lowest BCUT2D eigenvalue weighted by Crippen LogP contribution is -2.37. The number of thiazole rings is 1. The summed E-state index contributed by atoms with van der Waals surface area (Å²) in [6.07, 6.45) is 6.59. The molecule has 118 valence electrons. The van der Waals surface area contributed by atoms with Gasteiger partial charge in [-0.2, -0.15) is 0 Å². The molecule has 0 spiro atoms. The maximum Gasteiger partial charge on any atom is 0.218 e. The van der Waals surface area contributed by atoms with Gasteiger partial charge >= 0.3 is 0 Å². The van der Waals surface area contributed by atoms with E-state index in [9.17, 15) is 4.79 Å². The van der Waals surface area contributed by atoms with E-state index in [2.05, 4.69) is 24.8 Å². The van der Waals surface area contributed by atoms with Crippen LogP contribution in [0.1, 0.15) is 36.7 Å². The van der Waals surface area contributed by atoms with Crippen LogP contribution in [0.25, 0.3) is 0 Å². The van der Waals surface area contributed by atoms with E-state index < -0.39 is 0 Å². The number of primary amides is 1. The molecule has 3 rings (SSSR count). The molecule has 7 heteroatoms. The van der Waals surface area contributed by atoms with Crippen LogP contribution in [0, 0.1) is 0 Å². The molecule has 1 atom stereocenters. The molecule has 2 N–H and O–H groups in total. The minimum Gasteiger partial charge on any atom is -0.370 e. The van der Waals surface area contributed by atoms with E-state index in [-0.39, 0.29) is 5.91 Å². The monoisotopic (exact) mass is 319 g/mol. The highest BCUT2D eigenvalue weighted by molar-refractivity contribution is 7.07. The normalized spacial score (nSPS) is 19.4.